The first-order chi connectivity index (χ1) is 8.29. The number of halogens is 2. The van der Waals surface area contributed by atoms with E-state index in [-0.39, 0.29) is 10.4 Å². The SMILES string of the molecule is CC(C)(C)c1nc(-c2ccc(Cl)c(F)c2)c(N)s1. The van der Waals surface area contributed by atoms with E-state index in [4.69, 9.17) is 17.3 Å². The Hall–Kier alpha value is -1.13. The molecule has 0 spiro atoms. The molecule has 0 atom stereocenters. The highest BCUT2D eigenvalue weighted by atomic mass is 35.5. The van der Waals surface area contributed by atoms with Crippen LogP contribution in [-0.4, -0.2) is 4.98 Å². The molecular formula is C13H14ClFN2S. The highest BCUT2D eigenvalue weighted by molar-refractivity contribution is 7.16. The molecule has 2 nitrogen and oxygen atoms in total. The fraction of sp³-hybridized carbons (Fsp3) is 0.308. The molecule has 2 N–H and O–H groups in total. The average Bonchev–Trinajstić information content (AvgIpc) is 2.64. The van der Waals surface area contributed by atoms with Gasteiger partial charge in [0.2, 0.25) is 0 Å². The molecule has 5 heteroatoms. The zero-order valence-corrected chi connectivity index (χ0v) is 12.0. The summed E-state index contributed by atoms with van der Waals surface area (Å²) in [6.07, 6.45) is 0. The van der Waals surface area contributed by atoms with Crippen molar-refractivity contribution in [2.45, 2.75) is 26.2 Å². The maximum absolute atomic E-state index is 13.4. The van der Waals surface area contributed by atoms with Gasteiger partial charge in [-0.2, -0.15) is 0 Å². The fourth-order valence-electron chi connectivity index (χ4n) is 1.50. The molecule has 18 heavy (non-hydrogen) atoms. The van der Waals surface area contributed by atoms with Crippen LogP contribution < -0.4 is 5.73 Å². The minimum absolute atomic E-state index is 0.0675. The van der Waals surface area contributed by atoms with Crippen LogP contribution in [0, 0.1) is 5.82 Å². The van der Waals surface area contributed by atoms with E-state index >= 15 is 0 Å². The molecule has 2 rings (SSSR count). The smallest absolute Gasteiger partial charge is 0.142 e. The Morgan fingerprint density at radius 1 is 1.33 bits per heavy atom. The minimum Gasteiger partial charge on any atom is -0.389 e. The maximum Gasteiger partial charge on any atom is 0.142 e. The van der Waals surface area contributed by atoms with Crippen LogP contribution >= 0.6 is 22.9 Å². The molecule has 0 saturated heterocycles. The zero-order valence-electron chi connectivity index (χ0n) is 10.4. The number of nitrogens with zero attached hydrogens (tertiary/aromatic N) is 1. The summed E-state index contributed by atoms with van der Waals surface area (Å²) in [4.78, 5) is 4.51. The van der Waals surface area contributed by atoms with E-state index in [0.717, 1.165) is 5.01 Å². The summed E-state index contributed by atoms with van der Waals surface area (Å²) in [7, 11) is 0. The lowest BCUT2D eigenvalue weighted by Crippen LogP contribution is -2.10. The van der Waals surface area contributed by atoms with Crippen LogP contribution in [0.4, 0.5) is 9.39 Å². The number of thiazole rings is 1. The van der Waals surface area contributed by atoms with Crippen LogP contribution in [-0.2, 0) is 5.41 Å². The second-order valence-electron chi connectivity index (χ2n) is 5.11. The minimum atomic E-state index is -0.459. The van der Waals surface area contributed by atoms with Gasteiger partial charge in [0.15, 0.2) is 0 Å². The number of nitrogens with two attached hydrogens (primary N) is 1. The van der Waals surface area contributed by atoms with Crippen LogP contribution in [0.15, 0.2) is 18.2 Å². The van der Waals surface area contributed by atoms with Gasteiger partial charge in [-0.15, -0.1) is 11.3 Å². The number of hydrogen-bond donors (Lipinski definition) is 1. The van der Waals surface area contributed by atoms with Gasteiger partial charge in [-0.25, -0.2) is 9.37 Å². The molecule has 0 fully saturated rings. The summed E-state index contributed by atoms with van der Waals surface area (Å²) in [5.41, 5.74) is 7.17. The van der Waals surface area contributed by atoms with Gasteiger partial charge in [-0.3, -0.25) is 0 Å². The summed E-state index contributed by atoms with van der Waals surface area (Å²) in [6.45, 7) is 6.20. The lowest BCUT2D eigenvalue weighted by atomic mass is 9.98. The number of aromatic nitrogens is 1. The van der Waals surface area contributed by atoms with Crippen molar-refractivity contribution in [2.75, 3.05) is 5.73 Å². The summed E-state index contributed by atoms with van der Waals surface area (Å²) < 4.78 is 13.4. The highest BCUT2D eigenvalue weighted by Crippen LogP contribution is 2.36. The first kappa shape index (κ1) is 13.3. The predicted octanol–water partition coefficient (Wildman–Crippen LogP) is 4.48. The van der Waals surface area contributed by atoms with Crippen LogP contribution in [0.3, 0.4) is 0 Å². The van der Waals surface area contributed by atoms with E-state index in [9.17, 15) is 4.39 Å². The Bertz CT molecular complexity index is 587. The van der Waals surface area contributed by atoms with E-state index in [2.05, 4.69) is 25.8 Å². The lowest BCUT2D eigenvalue weighted by molar-refractivity contribution is 0.586. The van der Waals surface area contributed by atoms with Crippen LogP contribution in [0.25, 0.3) is 11.3 Å². The van der Waals surface area contributed by atoms with Gasteiger partial charge in [-0.1, -0.05) is 38.4 Å². The van der Waals surface area contributed by atoms with E-state index in [1.807, 2.05) is 0 Å². The zero-order chi connectivity index (χ0) is 13.5. The molecule has 0 bridgehead atoms. The van der Waals surface area contributed by atoms with Gasteiger partial charge < -0.3 is 5.73 Å². The fourth-order valence-corrected chi connectivity index (χ4v) is 2.53. The van der Waals surface area contributed by atoms with Crippen molar-refractivity contribution < 1.29 is 4.39 Å². The van der Waals surface area contributed by atoms with Gasteiger partial charge >= 0.3 is 0 Å². The summed E-state index contributed by atoms with van der Waals surface area (Å²) in [5.74, 6) is -0.459. The number of nitrogen functional groups attached to an aromatic ring is 1. The molecule has 1 aromatic heterocycles. The largest absolute Gasteiger partial charge is 0.389 e. The van der Waals surface area contributed by atoms with Crippen molar-refractivity contribution >= 4 is 27.9 Å². The van der Waals surface area contributed by atoms with Crippen LogP contribution in [0.5, 0.6) is 0 Å². The van der Waals surface area contributed by atoms with Crippen LogP contribution in [0.2, 0.25) is 5.02 Å². The highest BCUT2D eigenvalue weighted by Gasteiger charge is 2.21. The first-order valence-corrected chi connectivity index (χ1v) is 6.70. The second-order valence-corrected chi connectivity index (χ2v) is 6.55. The molecule has 0 aliphatic heterocycles. The monoisotopic (exact) mass is 284 g/mol. The second kappa shape index (κ2) is 4.52. The van der Waals surface area contributed by atoms with E-state index in [0.29, 0.717) is 16.3 Å². The van der Waals surface area contributed by atoms with Crippen molar-refractivity contribution in [3.63, 3.8) is 0 Å². The molecule has 0 radical (unpaired) electrons. The molecule has 0 aliphatic carbocycles. The Morgan fingerprint density at radius 2 is 2.00 bits per heavy atom. The number of rotatable bonds is 1. The lowest BCUT2D eigenvalue weighted by Gasteiger charge is -2.13. The molecule has 0 unspecified atom stereocenters. The van der Waals surface area contributed by atoms with Crippen LogP contribution in [0.1, 0.15) is 25.8 Å². The van der Waals surface area contributed by atoms with Crippen molar-refractivity contribution in [2.24, 2.45) is 0 Å². The molecule has 1 aromatic carbocycles. The molecular weight excluding hydrogens is 271 g/mol. The Balaban J connectivity index is 2.51. The summed E-state index contributed by atoms with van der Waals surface area (Å²) in [6, 6.07) is 4.60. The van der Waals surface area contributed by atoms with E-state index in [1.165, 1.54) is 23.5 Å². The number of anilines is 1. The predicted molar refractivity (Wildman–Crippen MR) is 75.6 cm³/mol. The van der Waals surface area contributed by atoms with Gasteiger partial charge in [0.05, 0.1) is 5.02 Å². The quantitative estimate of drug-likeness (QED) is 0.838. The Kier molecular flexibility index (Phi) is 3.34. The van der Waals surface area contributed by atoms with Crippen molar-refractivity contribution in [1.82, 2.24) is 4.98 Å². The Labute approximate surface area is 115 Å². The summed E-state index contributed by atoms with van der Waals surface area (Å²) in [5, 5.41) is 1.63. The third-order valence-corrected chi connectivity index (χ3v) is 4.10. The third kappa shape index (κ3) is 2.49. The van der Waals surface area contributed by atoms with E-state index in [1.54, 1.807) is 6.07 Å². The van der Waals surface area contributed by atoms with Gasteiger partial charge in [0.25, 0.3) is 0 Å². The molecule has 2 aromatic rings. The topological polar surface area (TPSA) is 38.9 Å². The summed E-state index contributed by atoms with van der Waals surface area (Å²) >= 11 is 7.10. The van der Waals surface area contributed by atoms with Gasteiger partial charge in [-0.05, 0) is 12.1 Å². The standard InChI is InChI=1S/C13H14ClFN2S/c1-13(2,3)12-17-10(11(16)18-12)7-4-5-8(14)9(15)6-7/h4-6H,16H2,1-3H3. The molecule has 96 valence electrons. The molecule has 0 saturated carbocycles. The maximum atomic E-state index is 13.4. The van der Waals surface area contributed by atoms with Gasteiger partial charge in [0, 0.05) is 11.0 Å². The van der Waals surface area contributed by atoms with Gasteiger partial charge in [0.1, 0.15) is 21.5 Å². The van der Waals surface area contributed by atoms with E-state index < -0.39 is 5.82 Å². The normalized spacial score (nSPS) is 11.8. The molecule has 0 amide bonds. The van der Waals surface area contributed by atoms with Crippen molar-refractivity contribution in [1.29, 1.82) is 0 Å². The van der Waals surface area contributed by atoms with Crippen molar-refractivity contribution in [3.05, 3.63) is 34.0 Å². The number of hydrogen-bond acceptors (Lipinski definition) is 3. The average molecular weight is 285 g/mol. The third-order valence-electron chi connectivity index (χ3n) is 2.49. The first-order valence-electron chi connectivity index (χ1n) is 5.51. The Morgan fingerprint density at radius 3 is 2.50 bits per heavy atom. The molecule has 0 aliphatic rings. The number of benzene rings is 1. The van der Waals surface area contributed by atoms with Crippen molar-refractivity contribution in [3.8, 4) is 11.3 Å². The molecule has 1 heterocycles.